The van der Waals surface area contributed by atoms with E-state index in [1.165, 1.54) is 0 Å². The van der Waals surface area contributed by atoms with E-state index in [1.54, 1.807) is 0 Å². The van der Waals surface area contributed by atoms with Crippen LogP contribution in [0.15, 0.2) is 22.7 Å². The summed E-state index contributed by atoms with van der Waals surface area (Å²) in [5.41, 5.74) is 1.82. The van der Waals surface area contributed by atoms with Crippen molar-refractivity contribution in [2.24, 2.45) is 0 Å². The maximum Gasteiger partial charge on any atom is 0.153 e. The predicted octanol–water partition coefficient (Wildman–Crippen LogP) is 1.18. The molecule has 1 heterocycles. The van der Waals surface area contributed by atoms with Crippen LogP contribution in [0.3, 0.4) is 0 Å². The summed E-state index contributed by atoms with van der Waals surface area (Å²) in [5.74, 6) is 0.429. The molecule has 0 saturated carbocycles. The first-order valence-corrected chi connectivity index (χ1v) is 7.98. The SMILES string of the molecule is O=S1(=O)CCN(c2ccc(CO)c(Br)c2)CC1. The molecule has 0 radical (unpaired) electrons. The van der Waals surface area contributed by atoms with Crippen LogP contribution in [-0.4, -0.2) is 38.1 Å². The summed E-state index contributed by atoms with van der Waals surface area (Å²) in [4.78, 5) is 2.05. The highest BCUT2D eigenvalue weighted by molar-refractivity contribution is 9.10. The maximum atomic E-state index is 11.3. The van der Waals surface area contributed by atoms with Gasteiger partial charge < -0.3 is 10.0 Å². The van der Waals surface area contributed by atoms with Crippen LogP contribution in [0.2, 0.25) is 0 Å². The summed E-state index contributed by atoms with van der Waals surface area (Å²) in [6, 6.07) is 5.68. The molecule has 0 aliphatic carbocycles. The number of hydrogen-bond acceptors (Lipinski definition) is 4. The monoisotopic (exact) mass is 319 g/mol. The largest absolute Gasteiger partial charge is 0.392 e. The van der Waals surface area contributed by atoms with Gasteiger partial charge in [0.1, 0.15) is 0 Å². The van der Waals surface area contributed by atoms with Gasteiger partial charge in [0.25, 0.3) is 0 Å². The van der Waals surface area contributed by atoms with E-state index in [1.807, 2.05) is 23.1 Å². The third-order valence-corrected chi connectivity index (χ3v) is 5.26. The van der Waals surface area contributed by atoms with Crippen LogP contribution in [0.25, 0.3) is 0 Å². The smallest absolute Gasteiger partial charge is 0.153 e. The van der Waals surface area contributed by atoms with Gasteiger partial charge in [-0.25, -0.2) is 8.42 Å². The van der Waals surface area contributed by atoms with E-state index in [0.29, 0.717) is 13.1 Å². The van der Waals surface area contributed by atoms with Gasteiger partial charge in [-0.3, -0.25) is 0 Å². The molecule has 1 fully saturated rings. The zero-order valence-electron chi connectivity index (χ0n) is 9.26. The number of benzene rings is 1. The van der Waals surface area contributed by atoms with Gasteiger partial charge in [-0.2, -0.15) is 0 Å². The molecule has 1 saturated heterocycles. The number of aliphatic hydroxyl groups excluding tert-OH is 1. The predicted molar refractivity (Wildman–Crippen MR) is 70.9 cm³/mol. The minimum absolute atomic E-state index is 0.00472. The van der Waals surface area contributed by atoms with Crippen LogP contribution in [0, 0.1) is 0 Å². The fourth-order valence-corrected chi connectivity index (χ4v) is 3.53. The van der Waals surface area contributed by atoms with Crippen LogP contribution in [-0.2, 0) is 16.4 Å². The Balaban J connectivity index is 2.16. The molecule has 0 bridgehead atoms. The van der Waals surface area contributed by atoms with Crippen molar-refractivity contribution in [3.8, 4) is 0 Å². The van der Waals surface area contributed by atoms with Crippen molar-refractivity contribution < 1.29 is 13.5 Å². The zero-order valence-corrected chi connectivity index (χ0v) is 11.7. The molecule has 0 unspecified atom stereocenters. The molecule has 1 aliphatic rings. The van der Waals surface area contributed by atoms with E-state index in [0.717, 1.165) is 15.7 Å². The van der Waals surface area contributed by atoms with Gasteiger partial charge in [0.05, 0.1) is 18.1 Å². The van der Waals surface area contributed by atoms with Crippen molar-refractivity contribution in [1.82, 2.24) is 0 Å². The van der Waals surface area contributed by atoms with E-state index in [4.69, 9.17) is 5.11 Å². The molecule has 0 atom stereocenters. The Morgan fingerprint density at radius 1 is 1.29 bits per heavy atom. The Kier molecular flexibility index (Phi) is 3.75. The molecule has 1 aromatic carbocycles. The second kappa shape index (κ2) is 4.96. The van der Waals surface area contributed by atoms with Crippen LogP contribution in [0.1, 0.15) is 5.56 Å². The molecule has 17 heavy (non-hydrogen) atoms. The first kappa shape index (κ1) is 12.9. The highest BCUT2D eigenvalue weighted by atomic mass is 79.9. The molecule has 1 N–H and O–H groups in total. The standard InChI is InChI=1S/C11H14BrNO3S/c12-11-7-10(2-1-9(11)8-14)13-3-5-17(15,16)6-4-13/h1-2,7,14H,3-6,8H2. The van der Waals surface area contributed by atoms with E-state index in [9.17, 15) is 8.42 Å². The molecular weight excluding hydrogens is 306 g/mol. The molecule has 0 amide bonds. The Bertz CT molecular complexity index is 501. The summed E-state index contributed by atoms with van der Waals surface area (Å²) in [7, 11) is -2.84. The summed E-state index contributed by atoms with van der Waals surface area (Å²) in [5, 5.41) is 9.07. The normalized spacial score (nSPS) is 19.3. The number of sulfone groups is 1. The van der Waals surface area contributed by atoms with E-state index >= 15 is 0 Å². The second-order valence-electron chi connectivity index (χ2n) is 4.07. The van der Waals surface area contributed by atoms with Gasteiger partial charge in [-0.05, 0) is 17.7 Å². The summed E-state index contributed by atoms with van der Waals surface area (Å²) in [6.07, 6.45) is 0. The third kappa shape index (κ3) is 3.00. The van der Waals surface area contributed by atoms with Gasteiger partial charge in [0.2, 0.25) is 0 Å². The van der Waals surface area contributed by atoms with E-state index in [-0.39, 0.29) is 18.1 Å². The van der Waals surface area contributed by atoms with Gasteiger partial charge in [-0.15, -0.1) is 0 Å². The van der Waals surface area contributed by atoms with Crippen molar-refractivity contribution in [1.29, 1.82) is 0 Å². The number of anilines is 1. The number of nitrogens with zero attached hydrogens (tertiary/aromatic N) is 1. The molecule has 1 aliphatic heterocycles. The molecule has 0 aromatic heterocycles. The summed E-state index contributed by atoms with van der Waals surface area (Å²) >= 11 is 3.39. The molecule has 6 heteroatoms. The number of rotatable bonds is 2. The number of hydrogen-bond donors (Lipinski definition) is 1. The third-order valence-electron chi connectivity index (χ3n) is 2.92. The fraction of sp³-hybridized carbons (Fsp3) is 0.455. The molecule has 94 valence electrons. The maximum absolute atomic E-state index is 11.3. The van der Waals surface area contributed by atoms with Gasteiger partial charge >= 0.3 is 0 Å². The Hall–Kier alpha value is -0.590. The van der Waals surface area contributed by atoms with Gasteiger partial charge in [-0.1, -0.05) is 22.0 Å². The Morgan fingerprint density at radius 3 is 2.47 bits per heavy atom. The van der Waals surface area contributed by atoms with Crippen molar-refractivity contribution in [3.05, 3.63) is 28.2 Å². The first-order chi connectivity index (χ1) is 8.02. The van der Waals surface area contributed by atoms with Gasteiger partial charge in [0.15, 0.2) is 9.84 Å². The van der Waals surface area contributed by atoms with Crippen LogP contribution < -0.4 is 4.90 Å². The number of halogens is 1. The average Bonchev–Trinajstić information content (AvgIpc) is 2.29. The first-order valence-electron chi connectivity index (χ1n) is 5.36. The van der Waals surface area contributed by atoms with Crippen molar-refractivity contribution >= 4 is 31.5 Å². The quantitative estimate of drug-likeness (QED) is 0.889. The van der Waals surface area contributed by atoms with E-state index in [2.05, 4.69) is 15.9 Å². The van der Waals surface area contributed by atoms with Crippen molar-refractivity contribution in [2.45, 2.75) is 6.61 Å². The van der Waals surface area contributed by atoms with Crippen LogP contribution >= 0.6 is 15.9 Å². The Labute approximate surface area is 109 Å². The second-order valence-corrected chi connectivity index (χ2v) is 7.23. The summed E-state index contributed by atoms with van der Waals surface area (Å²) in [6.45, 7) is 1.07. The lowest BCUT2D eigenvalue weighted by molar-refractivity contribution is 0.281. The average molecular weight is 320 g/mol. The fourth-order valence-electron chi connectivity index (χ4n) is 1.83. The lowest BCUT2D eigenvalue weighted by Gasteiger charge is -2.29. The molecule has 4 nitrogen and oxygen atoms in total. The highest BCUT2D eigenvalue weighted by Crippen LogP contribution is 2.25. The molecule has 1 aromatic rings. The van der Waals surface area contributed by atoms with Crippen molar-refractivity contribution in [3.63, 3.8) is 0 Å². The highest BCUT2D eigenvalue weighted by Gasteiger charge is 2.21. The molecule has 0 spiro atoms. The molecular formula is C11H14BrNO3S. The van der Waals surface area contributed by atoms with Gasteiger partial charge in [0, 0.05) is 23.2 Å². The Morgan fingerprint density at radius 2 is 1.94 bits per heavy atom. The molecule has 2 rings (SSSR count). The lowest BCUT2D eigenvalue weighted by Crippen LogP contribution is -2.40. The van der Waals surface area contributed by atoms with E-state index < -0.39 is 9.84 Å². The van der Waals surface area contributed by atoms with Crippen LogP contribution in [0.5, 0.6) is 0 Å². The summed E-state index contributed by atoms with van der Waals surface area (Å²) < 4.78 is 23.5. The number of aliphatic hydroxyl groups is 1. The lowest BCUT2D eigenvalue weighted by atomic mass is 10.2. The topological polar surface area (TPSA) is 57.6 Å². The zero-order chi connectivity index (χ0) is 12.5. The van der Waals surface area contributed by atoms with Crippen LogP contribution in [0.4, 0.5) is 5.69 Å². The minimum atomic E-state index is -2.84. The minimum Gasteiger partial charge on any atom is -0.392 e. The van der Waals surface area contributed by atoms with Crippen molar-refractivity contribution in [2.75, 3.05) is 29.5 Å².